The van der Waals surface area contributed by atoms with Crippen LogP contribution in [0.15, 0.2) is 24.3 Å². The number of aryl methyl sites for hydroxylation is 2. The molecule has 5 heteroatoms. The zero-order valence-corrected chi connectivity index (χ0v) is 10.8. The monoisotopic (exact) mass is 246 g/mol. The number of rotatable bonds is 5. The van der Waals surface area contributed by atoms with Crippen molar-refractivity contribution in [3.8, 4) is 5.75 Å². The van der Waals surface area contributed by atoms with Crippen LogP contribution < -0.4 is 10.5 Å². The van der Waals surface area contributed by atoms with E-state index in [2.05, 4.69) is 10.1 Å². The molecular weight excluding hydrogens is 228 g/mol. The normalized spacial score (nSPS) is 10.6. The molecule has 0 amide bonds. The molecule has 1 heterocycles. The molecule has 0 aliphatic heterocycles. The number of para-hydroxylation sites is 1. The van der Waals surface area contributed by atoms with Gasteiger partial charge in [-0.3, -0.25) is 0 Å². The molecule has 0 atom stereocenters. The zero-order chi connectivity index (χ0) is 13.0. The summed E-state index contributed by atoms with van der Waals surface area (Å²) in [5, 5.41) is 4.28. The predicted molar refractivity (Wildman–Crippen MR) is 69.3 cm³/mol. The molecule has 0 bridgehead atoms. The van der Waals surface area contributed by atoms with Gasteiger partial charge in [0.25, 0.3) is 0 Å². The number of aromatic nitrogens is 3. The number of nitrogens with zero attached hydrogens (tertiary/aromatic N) is 3. The fourth-order valence-corrected chi connectivity index (χ4v) is 1.83. The minimum absolute atomic E-state index is 0.484. The number of ether oxygens (including phenoxy) is 1. The molecule has 2 N–H and O–H groups in total. The van der Waals surface area contributed by atoms with Gasteiger partial charge in [0.05, 0.1) is 6.54 Å². The van der Waals surface area contributed by atoms with E-state index >= 15 is 0 Å². The third-order valence-corrected chi connectivity index (χ3v) is 2.72. The molecule has 0 saturated heterocycles. The van der Waals surface area contributed by atoms with Crippen molar-refractivity contribution in [2.45, 2.75) is 26.9 Å². The Kier molecular flexibility index (Phi) is 3.94. The Morgan fingerprint density at radius 3 is 2.72 bits per heavy atom. The summed E-state index contributed by atoms with van der Waals surface area (Å²) < 4.78 is 7.58. The second-order valence-electron chi connectivity index (χ2n) is 4.09. The highest BCUT2D eigenvalue weighted by Crippen LogP contribution is 2.16. The van der Waals surface area contributed by atoms with Crippen LogP contribution >= 0.6 is 0 Å². The van der Waals surface area contributed by atoms with Crippen molar-refractivity contribution >= 4 is 0 Å². The summed E-state index contributed by atoms with van der Waals surface area (Å²) in [6.07, 6.45) is 0. The fourth-order valence-electron chi connectivity index (χ4n) is 1.83. The SMILES string of the molecule is Cc1nc(C)n(CCOc2ccccc2CN)n1. The van der Waals surface area contributed by atoms with Crippen LogP contribution in [0.1, 0.15) is 17.2 Å². The van der Waals surface area contributed by atoms with E-state index in [1.54, 1.807) is 0 Å². The Bertz CT molecular complexity index is 521. The average molecular weight is 246 g/mol. The average Bonchev–Trinajstić information content (AvgIpc) is 2.68. The third-order valence-electron chi connectivity index (χ3n) is 2.72. The summed E-state index contributed by atoms with van der Waals surface area (Å²) in [4.78, 5) is 4.25. The van der Waals surface area contributed by atoms with Crippen LogP contribution in [0.25, 0.3) is 0 Å². The zero-order valence-electron chi connectivity index (χ0n) is 10.8. The molecule has 0 saturated carbocycles. The van der Waals surface area contributed by atoms with Gasteiger partial charge in [-0.15, -0.1) is 0 Å². The molecule has 1 aromatic carbocycles. The highest BCUT2D eigenvalue weighted by molar-refractivity contribution is 5.32. The summed E-state index contributed by atoms with van der Waals surface area (Å²) in [5.74, 6) is 2.53. The maximum Gasteiger partial charge on any atom is 0.147 e. The van der Waals surface area contributed by atoms with Crippen LogP contribution in [-0.4, -0.2) is 21.4 Å². The smallest absolute Gasteiger partial charge is 0.147 e. The molecule has 0 spiro atoms. The summed E-state index contributed by atoms with van der Waals surface area (Å²) in [7, 11) is 0. The van der Waals surface area contributed by atoms with Crippen LogP contribution in [0.2, 0.25) is 0 Å². The topological polar surface area (TPSA) is 66.0 Å². The third kappa shape index (κ3) is 2.87. The predicted octanol–water partition coefficient (Wildman–Crippen LogP) is 1.43. The van der Waals surface area contributed by atoms with Crippen LogP contribution in [0, 0.1) is 13.8 Å². The largest absolute Gasteiger partial charge is 0.491 e. The van der Waals surface area contributed by atoms with E-state index in [1.807, 2.05) is 42.8 Å². The first-order valence-electron chi connectivity index (χ1n) is 5.99. The molecule has 96 valence electrons. The van der Waals surface area contributed by atoms with Gasteiger partial charge in [0, 0.05) is 12.1 Å². The van der Waals surface area contributed by atoms with E-state index in [1.165, 1.54) is 0 Å². The van der Waals surface area contributed by atoms with Crippen molar-refractivity contribution in [1.82, 2.24) is 14.8 Å². The quantitative estimate of drug-likeness (QED) is 0.866. The number of hydrogen-bond acceptors (Lipinski definition) is 4. The van der Waals surface area contributed by atoms with Gasteiger partial charge in [-0.05, 0) is 19.9 Å². The van der Waals surface area contributed by atoms with E-state index in [0.29, 0.717) is 19.7 Å². The molecule has 18 heavy (non-hydrogen) atoms. The lowest BCUT2D eigenvalue weighted by Crippen LogP contribution is -2.12. The Labute approximate surface area is 107 Å². The van der Waals surface area contributed by atoms with E-state index in [9.17, 15) is 0 Å². The van der Waals surface area contributed by atoms with Crippen molar-refractivity contribution in [2.75, 3.05) is 6.61 Å². The van der Waals surface area contributed by atoms with Crippen molar-refractivity contribution in [2.24, 2.45) is 5.73 Å². The van der Waals surface area contributed by atoms with Gasteiger partial charge in [0.2, 0.25) is 0 Å². The second kappa shape index (κ2) is 5.64. The lowest BCUT2D eigenvalue weighted by atomic mass is 10.2. The van der Waals surface area contributed by atoms with Crippen molar-refractivity contribution in [3.05, 3.63) is 41.5 Å². The molecular formula is C13H18N4O. The minimum atomic E-state index is 0.484. The van der Waals surface area contributed by atoms with E-state index in [0.717, 1.165) is 23.0 Å². The molecule has 0 unspecified atom stereocenters. The van der Waals surface area contributed by atoms with E-state index in [4.69, 9.17) is 10.5 Å². The van der Waals surface area contributed by atoms with Crippen LogP contribution in [0.5, 0.6) is 5.75 Å². The fraction of sp³-hybridized carbons (Fsp3) is 0.385. The lowest BCUT2D eigenvalue weighted by molar-refractivity contribution is 0.286. The van der Waals surface area contributed by atoms with Gasteiger partial charge in [-0.2, -0.15) is 5.10 Å². The number of benzene rings is 1. The molecule has 0 radical (unpaired) electrons. The summed E-state index contributed by atoms with van der Waals surface area (Å²) >= 11 is 0. The van der Waals surface area contributed by atoms with Crippen LogP contribution in [-0.2, 0) is 13.1 Å². The van der Waals surface area contributed by atoms with Gasteiger partial charge in [0.1, 0.15) is 24.0 Å². The van der Waals surface area contributed by atoms with Crippen molar-refractivity contribution in [3.63, 3.8) is 0 Å². The second-order valence-corrected chi connectivity index (χ2v) is 4.09. The van der Waals surface area contributed by atoms with Gasteiger partial charge >= 0.3 is 0 Å². The van der Waals surface area contributed by atoms with Gasteiger partial charge < -0.3 is 10.5 Å². The van der Waals surface area contributed by atoms with E-state index in [-0.39, 0.29) is 0 Å². The Balaban J connectivity index is 1.94. The summed E-state index contributed by atoms with van der Waals surface area (Å²) in [6.45, 7) is 5.55. The van der Waals surface area contributed by atoms with Crippen molar-refractivity contribution in [1.29, 1.82) is 0 Å². The minimum Gasteiger partial charge on any atom is -0.491 e. The van der Waals surface area contributed by atoms with Gasteiger partial charge in [-0.25, -0.2) is 9.67 Å². The lowest BCUT2D eigenvalue weighted by Gasteiger charge is -2.10. The maximum absolute atomic E-state index is 5.73. The Morgan fingerprint density at radius 2 is 2.06 bits per heavy atom. The summed E-state index contributed by atoms with van der Waals surface area (Å²) in [6, 6.07) is 7.81. The van der Waals surface area contributed by atoms with Gasteiger partial charge in [-0.1, -0.05) is 18.2 Å². The summed E-state index contributed by atoms with van der Waals surface area (Å²) in [5.41, 5.74) is 6.67. The molecule has 1 aromatic heterocycles. The van der Waals surface area contributed by atoms with Crippen molar-refractivity contribution < 1.29 is 4.74 Å². The van der Waals surface area contributed by atoms with Gasteiger partial charge in [0.15, 0.2) is 0 Å². The Hall–Kier alpha value is -1.88. The highest BCUT2D eigenvalue weighted by atomic mass is 16.5. The maximum atomic E-state index is 5.73. The molecule has 5 nitrogen and oxygen atoms in total. The number of nitrogens with two attached hydrogens (primary N) is 1. The van der Waals surface area contributed by atoms with E-state index < -0.39 is 0 Å². The Morgan fingerprint density at radius 1 is 1.28 bits per heavy atom. The molecule has 0 fully saturated rings. The van der Waals surface area contributed by atoms with Crippen LogP contribution in [0.3, 0.4) is 0 Å². The standard InChI is InChI=1S/C13H18N4O/c1-10-15-11(2)17(16-10)7-8-18-13-6-4-3-5-12(13)9-14/h3-6H,7-9,14H2,1-2H3. The first-order valence-corrected chi connectivity index (χ1v) is 5.99. The first kappa shape index (κ1) is 12.6. The first-order chi connectivity index (χ1) is 8.70. The molecule has 0 aliphatic carbocycles. The highest BCUT2D eigenvalue weighted by Gasteiger charge is 2.04. The number of hydrogen-bond donors (Lipinski definition) is 1. The molecule has 0 aliphatic rings. The molecule has 2 aromatic rings. The van der Waals surface area contributed by atoms with Crippen LogP contribution in [0.4, 0.5) is 0 Å². The molecule has 2 rings (SSSR count).